The van der Waals surface area contributed by atoms with E-state index in [-0.39, 0.29) is 22.5 Å². The van der Waals surface area contributed by atoms with Crippen LogP contribution in [-0.2, 0) is 0 Å². The van der Waals surface area contributed by atoms with Gasteiger partial charge in [0, 0.05) is 16.5 Å². The van der Waals surface area contributed by atoms with E-state index in [1.807, 2.05) is 30.3 Å². The molecule has 0 aliphatic rings. The van der Waals surface area contributed by atoms with Gasteiger partial charge < -0.3 is 20.2 Å². The molecule has 1 heterocycles. The van der Waals surface area contributed by atoms with Crippen LogP contribution in [0.1, 0.15) is 11.1 Å². The fourth-order valence-electron chi connectivity index (χ4n) is 2.93. The number of methoxy groups -OCH3 is 2. The van der Waals surface area contributed by atoms with Crippen LogP contribution in [0.25, 0.3) is 21.9 Å². The molecular weight excluding hydrogens is 332 g/mol. The maximum atomic E-state index is 12.2. The Labute approximate surface area is 148 Å². The molecule has 0 atom stereocenters. The summed E-state index contributed by atoms with van der Waals surface area (Å²) in [5.74, 6) is 0.943. The first-order chi connectivity index (χ1) is 12.5. The minimum absolute atomic E-state index is 0.0155. The van der Waals surface area contributed by atoms with Gasteiger partial charge in [-0.2, -0.15) is 10.5 Å². The van der Waals surface area contributed by atoms with Gasteiger partial charge in [-0.25, -0.2) is 0 Å². The van der Waals surface area contributed by atoms with Gasteiger partial charge in [-0.05, 0) is 23.6 Å². The van der Waals surface area contributed by atoms with Gasteiger partial charge in [0.25, 0.3) is 5.56 Å². The minimum Gasteiger partial charge on any atom is -0.496 e. The van der Waals surface area contributed by atoms with Crippen molar-refractivity contribution in [3.8, 4) is 34.8 Å². The molecule has 0 radical (unpaired) electrons. The van der Waals surface area contributed by atoms with Crippen molar-refractivity contribution in [3.05, 3.63) is 51.8 Å². The number of nitrogen functional groups attached to an aromatic ring is 1. The topological polar surface area (TPSA) is 125 Å². The zero-order valence-electron chi connectivity index (χ0n) is 14.1. The first-order valence-electron chi connectivity index (χ1n) is 7.56. The zero-order valence-corrected chi connectivity index (χ0v) is 14.1. The van der Waals surface area contributed by atoms with E-state index < -0.39 is 5.56 Å². The lowest BCUT2D eigenvalue weighted by atomic mass is 9.93. The van der Waals surface area contributed by atoms with Crippen LogP contribution in [0.3, 0.4) is 0 Å². The molecule has 2 aromatic carbocycles. The number of anilines is 1. The lowest BCUT2D eigenvalue weighted by Gasteiger charge is -2.15. The Morgan fingerprint density at radius 3 is 2.35 bits per heavy atom. The molecule has 1 aromatic heterocycles. The predicted molar refractivity (Wildman–Crippen MR) is 97.0 cm³/mol. The molecule has 0 saturated carbocycles. The van der Waals surface area contributed by atoms with Gasteiger partial charge in [-0.1, -0.05) is 12.1 Å². The number of benzene rings is 2. The second kappa shape index (κ2) is 6.50. The Morgan fingerprint density at radius 1 is 1.04 bits per heavy atom. The number of nitrogens with zero attached hydrogens (tertiary/aromatic N) is 2. The fraction of sp³-hybridized carbons (Fsp3) is 0.105. The summed E-state index contributed by atoms with van der Waals surface area (Å²) in [6.45, 7) is 0. The Hall–Kier alpha value is -3.97. The van der Waals surface area contributed by atoms with E-state index in [4.69, 9.17) is 15.2 Å². The number of nitriles is 2. The zero-order chi connectivity index (χ0) is 18.8. The number of nitrogens with two attached hydrogens (primary N) is 1. The Morgan fingerprint density at radius 2 is 1.73 bits per heavy atom. The first kappa shape index (κ1) is 16.9. The molecule has 7 heteroatoms. The minimum atomic E-state index is -0.660. The molecule has 0 amide bonds. The molecule has 0 spiro atoms. The van der Waals surface area contributed by atoms with Crippen molar-refractivity contribution >= 4 is 16.6 Å². The van der Waals surface area contributed by atoms with Crippen molar-refractivity contribution < 1.29 is 9.47 Å². The molecular formula is C19H14N4O3. The third kappa shape index (κ3) is 2.48. The molecule has 3 aromatic rings. The number of aromatic nitrogens is 1. The normalized spacial score (nSPS) is 10.2. The van der Waals surface area contributed by atoms with Gasteiger partial charge >= 0.3 is 0 Å². The third-order valence-electron chi connectivity index (χ3n) is 4.12. The van der Waals surface area contributed by atoms with E-state index >= 15 is 0 Å². The van der Waals surface area contributed by atoms with Crippen LogP contribution >= 0.6 is 0 Å². The molecule has 0 unspecified atom stereocenters. The highest BCUT2D eigenvalue weighted by Crippen LogP contribution is 2.40. The van der Waals surface area contributed by atoms with Crippen molar-refractivity contribution in [2.24, 2.45) is 0 Å². The van der Waals surface area contributed by atoms with Crippen LogP contribution in [0.2, 0.25) is 0 Å². The summed E-state index contributed by atoms with van der Waals surface area (Å²) in [4.78, 5) is 14.5. The summed E-state index contributed by atoms with van der Waals surface area (Å²) in [6.07, 6.45) is 0. The van der Waals surface area contributed by atoms with Crippen LogP contribution in [0.5, 0.6) is 11.5 Å². The smallest absolute Gasteiger partial charge is 0.268 e. The summed E-state index contributed by atoms with van der Waals surface area (Å²) in [5, 5.41) is 20.6. The van der Waals surface area contributed by atoms with Crippen molar-refractivity contribution in [3.63, 3.8) is 0 Å². The highest BCUT2D eigenvalue weighted by atomic mass is 16.5. The van der Waals surface area contributed by atoms with Crippen LogP contribution in [0.15, 0.2) is 35.1 Å². The molecule has 3 N–H and O–H groups in total. The SMILES string of the molecule is COc1cc2c(OC)cccc2cc1-c1c(C#N)c(N)[nH]c(=O)c1C#N. The molecule has 3 rings (SSSR count). The van der Waals surface area contributed by atoms with Crippen molar-refractivity contribution in [1.82, 2.24) is 4.98 Å². The van der Waals surface area contributed by atoms with Crippen molar-refractivity contribution in [1.29, 1.82) is 10.5 Å². The fourth-order valence-corrected chi connectivity index (χ4v) is 2.93. The van der Waals surface area contributed by atoms with E-state index in [2.05, 4.69) is 4.98 Å². The molecule has 0 fully saturated rings. The van der Waals surface area contributed by atoms with E-state index in [1.165, 1.54) is 7.11 Å². The molecule has 0 aliphatic carbocycles. The number of ether oxygens (including phenoxy) is 2. The number of pyridine rings is 1. The second-order valence-electron chi connectivity index (χ2n) is 5.45. The van der Waals surface area contributed by atoms with Crippen LogP contribution < -0.4 is 20.8 Å². The first-order valence-corrected chi connectivity index (χ1v) is 7.56. The molecule has 26 heavy (non-hydrogen) atoms. The maximum Gasteiger partial charge on any atom is 0.268 e. The molecule has 0 aliphatic heterocycles. The molecule has 7 nitrogen and oxygen atoms in total. The van der Waals surface area contributed by atoms with Gasteiger partial charge in [-0.15, -0.1) is 0 Å². The Bertz CT molecular complexity index is 1170. The lowest BCUT2D eigenvalue weighted by molar-refractivity contribution is 0.413. The molecule has 0 saturated heterocycles. The summed E-state index contributed by atoms with van der Waals surface area (Å²) < 4.78 is 10.8. The van der Waals surface area contributed by atoms with Crippen LogP contribution in [-0.4, -0.2) is 19.2 Å². The monoisotopic (exact) mass is 346 g/mol. The average Bonchev–Trinajstić information content (AvgIpc) is 2.65. The van der Waals surface area contributed by atoms with Gasteiger partial charge in [0.2, 0.25) is 0 Å². The van der Waals surface area contributed by atoms with Crippen LogP contribution in [0.4, 0.5) is 5.82 Å². The Kier molecular flexibility index (Phi) is 4.22. The van der Waals surface area contributed by atoms with Gasteiger partial charge in [0.1, 0.15) is 40.6 Å². The van der Waals surface area contributed by atoms with E-state index in [0.717, 1.165) is 10.8 Å². The van der Waals surface area contributed by atoms with Crippen LogP contribution in [0, 0.1) is 22.7 Å². The third-order valence-corrected chi connectivity index (χ3v) is 4.12. The number of aromatic amines is 1. The van der Waals surface area contributed by atoms with Gasteiger partial charge in [-0.3, -0.25) is 4.79 Å². The summed E-state index contributed by atoms with van der Waals surface area (Å²) in [5.41, 5.74) is 5.53. The second-order valence-corrected chi connectivity index (χ2v) is 5.45. The number of hydrogen-bond acceptors (Lipinski definition) is 6. The number of rotatable bonds is 3. The standard InChI is InChI=1S/C19H14N4O3/c1-25-15-5-3-4-10-6-12(16(26-2)7-11(10)15)17-13(8-20)18(22)23-19(24)14(17)9-21/h3-7H,1-2H3,(H3,22,23,24). The number of hydrogen-bond donors (Lipinski definition) is 2. The average molecular weight is 346 g/mol. The predicted octanol–water partition coefficient (Wildman–Crippen LogP) is 2.54. The largest absolute Gasteiger partial charge is 0.496 e. The van der Waals surface area contributed by atoms with E-state index in [1.54, 1.807) is 19.2 Å². The highest BCUT2D eigenvalue weighted by Gasteiger charge is 2.22. The summed E-state index contributed by atoms with van der Waals surface area (Å²) in [6, 6.07) is 12.8. The van der Waals surface area contributed by atoms with Crippen molar-refractivity contribution in [2.75, 3.05) is 20.0 Å². The summed E-state index contributed by atoms with van der Waals surface area (Å²) >= 11 is 0. The van der Waals surface area contributed by atoms with Gasteiger partial charge in [0.05, 0.1) is 14.2 Å². The maximum absolute atomic E-state index is 12.2. The number of nitrogens with one attached hydrogen (secondary N) is 1. The molecule has 128 valence electrons. The van der Waals surface area contributed by atoms with Crippen molar-refractivity contribution in [2.45, 2.75) is 0 Å². The number of H-pyrrole nitrogens is 1. The van der Waals surface area contributed by atoms with E-state index in [9.17, 15) is 15.3 Å². The quantitative estimate of drug-likeness (QED) is 0.751. The van der Waals surface area contributed by atoms with Gasteiger partial charge in [0.15, 0.2) is 0 Å². The summed E-state index contributed by atoms with van der Waals surface area (Å²) in [7, 11) is 3.03. The Balaban J connectivity index is 2.50. The lowest BCUT2D eigenvalue weighted by Crippen LogP contribution is -2.16. The highest BCUT2D eigenvalue weighted by molar-refractivity contribution is 5.96. The molecule has 0 bridgehead atoms. The number of fused-ring (bicyclic) bond motifs is 1. The van der Waals surface area contributed by atoms with E-state index in [0.29, 0.717) is 17.1 Å².